The van der Waals surface area contributed by atoms with Gasteiger partial charge in [0.15, 0.2) is 5.82 Å². The summed E-state index contributed by atoms with van der Waals surface area (Å²) >= 11 is 0. The number of hydrogen-bond donors (Lipinski definition) is 1. The van der Waals surface area contributed by atoms with Gasteiger partial charge in [-0.15, -0.1) is 10.2 Å². The molecule has 1 aliphatic rings. The maximum absolute atomic E-state index is 11.3. The number of aliphatic hydroxyl groups is 1. The van der Waals surface area contributed by atoms with Gasteiger partial charge in [-0.25, -0.2) is 0 Å². The first-order valence-electron chi connectivity index (χ1n) is 6.64. The molecule has 8 heteroatoms. The Labute approximate surface area is 120 Å². The van der Waals surface area contributed by atoms with Crippen LogP contribution in [0.1, 0.15) is 24.4 Å². The number of benzene rings is 1. The Morgan fingerprint density at radius 1 is 1.43 bits per heavy atom. The summed E-state index contributed by atoms with van der Waals surface area (Å²) in [5.74, 6) is 0.787. The Bertz CT molecular complexity index is 682. The number of nitro benzene ring substituents is 1. The fourth-order valence-electron chi connectivity index (χ4n) is 2.49. The van der Waals surface area contributed by atoms with Crippen molar-refractivity contribution in [2.75, 3.05) is 11.4 Å². The van der Waals surface area contributed by atoms with Gasteiger partial charge in [-0.3, -0.25) is 10.1 Å². The Morgan fingerprint density at radius 3 is 2.95 bits per heavy atom. The van der Waals surface area contributed by atoms with E-state index in [1.54, 1.807) is 25.4 Å². The quantitative estimate of drug-likeness (QED) is 0.675. The van der Waals surface area contributed by atoms with Crippen molar-refractivity contribution in [3.63, 3.8) is 0 Å². The second-order valence-corrected chi connectivity index (χ2v) is 5.04. The van der Waals surface area contributed by atoms with Crippen LogP contribution in [0.3, 0.4) is 0 Å². The SMILES string of the molecule is C[C@@H](O)c1ccc(N2CCn3cnnc3C2)c([N+](=O)[O-])c1. The summed E-state index contributed by atoms with van der Waals surface area (Å²) in [5.41, 5.74) is 1.07. The number of hydrogen-bond acceptors (Lipinski definition) is 6. The third-order valence-electron chi connectivity index (χ3n) is 3.66. The molecule has 0 saturated carbocycles. The zero-order valence-electron chi connectivity index (χ0n) is 11.5. The minimum atomic E-state index is -0.734. The van der Waals surface area contributed by atoms with Crippen LogP contribution in [0.15, 0.2) is 24.5 Å². The Kier molecular flexibility index (Phi) is 3.30. The molecule has 21 heavy (non-hydrogen) atoms. The van der Waals surface area contributed by atoms with Crippen molar-refractivity contribution in [2.24, 2.45) is 0 Å². The minimum absolute atomic E-state index is 0.00126. The van der Waals surface area contributed by atoms with Crippen LogP contribution < -0.4 is 4.90 Å². The minimum Gasteiger partial charge on any atom is -0.389 e. The maximum Gasteiger partial charge on any atom is 0.292 e. The molecule has 1 N–H and O–H groups in total. The highest BCUT2D eigenvalue weighted by Crippen LogP contribution is 2.32. The van der Waals surface area contributed by atoms with Gasteiger partial charge in [-0.05, 0) is 18.6 Å². The van der Waals surface area contributed by atoms with E-state index in [-0.39, 0.29) is 5.69 Å². The Morgan fingerprint density at radius 2 is 2.24 bits per heavy atom. The lowest BCUT2D eigenvalue weighted by molar-refractivity contribution is -0.384. The summed E-state index contributed by atoms with van der Waals surface area (Å²) < 4.78 is 1.94. The molecule has 1 aliphatic heterocycles. The number of fused-ring (bicyclic) bond motifs is 1. The van der Waals surface area contributed by atoms with Gasteiger partial charge in [0.1, 0.15) is 12.0 Å². The monoisotopic (exact) mass is 289 g/mol. The van der Waals surface area contributed by atoms with Crippen molar-refractivity contribution in [3.05, 3.63) is 46.0 Å². The van der Waals surface area contributed by atoms with Crippen molar-refractivity contribution in [1.29, 1.82) is 0 Å². The number of nitrogens with zero attached hydrogens (tertiary/aromatic N) is 5. The molecule has 0 spiro atoms. The highest BCUT2D eigenvalue weighted by molar-refractivity contribution is 5.64. The highest BCUT2D eigenvalue weighted by atomic mass is 16.6. The molecule has 110 valence electrons. The first-order valence-corrected chi connectivity index (χ1v) is 6.64. The number of rotatable bonds is 3. The molecule has 2 heterocycles. The first kappa shape index (κ1) is 13.5. The van der Waals surface area contributed by atoms with Crippen molar-refractivity contribution in [1.82, 2.24) is 14.8 Å². The predicted octanol–water partition coefficient (Wildman–Crippen LogP) is 1.26. The smallest absolute Gasteiger partial charge is 0.292 e. The van der Waals surface area contributed by atoms with E-state index in [0.29, 0.717) is 30.9 Å². The zero-order valence-corrected chi connectivity index (χ0v) is 11.5. The number of aromatic nitrogens is 3. The molecular formula is C13H15N5O3. The molecule has 8 nitrogen and oxygen atoms in total. The molecule has 0 unspecified atom stereocenters. The summed E-state index contributed by atoms with van der Waals surface area (Å²) in [4.78, 5) is 12.8. The van der Waals surface area contributed by atoms with E-state index in [0.717, 1.165) is 5.82 Å². The van der Waals surface area contributed by atoms with E-state index in [1.165, 1.54) is 6.07 Å². The normalized spacial score (nSPS) is 15.6. The lowest BCUT2D eigenvalue weighted by Gasteiger charge is -2.28. The van der Waals surface area contributed by atoms with Crippen molar-refractivity contribution >= 4 is 11.4 Å². The second kappa shape index (κ2) is 5.13. The zero-order chi connectivity index (χ0) is 15.0. The van der Waals surface area contributed by atoms with Crippen molar-refractivity contribution < 1.29 is 10.0 Å². The predicted molar refractivity (Wildman–Crippen MR) is 74.8 cm³/mol. The molecule has 1 aromatic carbocycles. The van der Waals surface area contributed by atoms with Crippen LogP contribution >= 0.6 is 0 Å². The van der Waals surface area contributed by atoms with E-state index in [2.05, 4.69) is 10.2 Å². The Balaban J connectivity index is 1.97. The van der Waals surface area contributed by atoms with Crippen LogP contribution in [0, 0.1) is 10.1 Å². The van der Waals surface area contributed by atoms with E-state index in [1.807, 2.05) is 9.47 Å². The summed E-state index contributed by atoms with van der Waals surface area (Å²) in [6.45, 7) is 3.41. The molecular weight excluding hydrogens is 274 g/mol. The van der Waals surface area contributed by atoms with Crippen LogP contribution in [0.4, 0.5) is 11.4 Å². The Hall–Kier alpha value is -2.48. The molecule has 1 atom stereocenters. The molecule has 3 rings (SSSR count). The topological polar surface area (TPSA) is 97.3 Å². The highest BCUT2D eigenvalue weighted by Gasteiger charge is 2.25. The molecule has 0 radical (unpaired) electrons. The lowest BCUT2D eigenvalue weighted by Crippen LogP contribution is -2.34. The number of aliphatic hydroxyl groups excluding tert-OH is 1. The third-order valence-corrected chi connectivity index (χ3v) is 3.66. The van der Waals surface area contributed by atoms with E-state index in [4.69, 9.17) is 0 Å². The summed E-state index contributed by atoms with van der Waals surface area (Å²) in [7, 11) is 0. The van der Waals surface area contributed by atoms with Gasteiger partial charge in [0.05, 0.1) is 17.6 Å². The average Bonchev–Trinajstić information content (AvgIpc) is 2.93. The summed E-state index contributed by atoms with van der Waals surface area (Å²) in [6, 6.07) is 4.83. The van der Waals surface area contributed by atoms with Gasteiger partial charge in [0.25, 0.3) is 5.69 Å². The molecule has 0 saturated heterocycles. The third kappa shape index (κ3) is 2.45. The van der Waals surface area contributed by atoms with Gasteiger partial charge in [-0.1, -0.05) is 6.07 Å². The van der Waals surface area contributed by atoms with Crippen molar-refractivity contribution in [3.8, 4) is 0 Å². The van der Waals surface area contributed by atoms with Crippen molar-refractivity contribution in [2.45, 2.75) is 26.1 Å². The van der Waals surface area contributed by atoms with Gasteiger partial charge in [0, 0.05) is 19.2 Å². The average molecular weight is 289 g/mol. The van der Waals surface area contributed by atoms with Gasteiger partial charge < -0.3 is 14.6 Å². The first-order chi connectivity index (χ1) is 10.1. The fraction of sp³-hybridized carbons (Fsp3) is 0.385. The fourth-order valence-corrected chi connectivity index (χ4v) is 2.49. The summed E-state index contributed by atoms with van der Waals surface area (Å²) in [6.07, 6.45) is 0.930. The molecule has 0 amide bonds. The van der Waals surface area contributed by atoms with Crippen LogP contribution in [0.5, 0.6) is 0 Å². The van der Waals surface area contributed by atoms with Crippen LogP contribution in [-0.2, 0) is 13.1 Å². The van der Waals surface area contributed by atoms with E-state index >= 15 is 0 Å². The van der Waals surface area contributed by atoms with Gasteiger partial charge in [-0.2, -0.15) is 0 Å². The lowest BCUT2D eigenvalue weighted by atomic mass is 10.1. The van der Waals surface area contributed by atoms with Crippen LogP contribution in [0.25, 0.3) is 0 Å². The molecule has 0 bridgehead atoms. The molecule has 0 fully saturated rings. The standard InChI is InChI=1S/C13H15N5O3/c1-9(19)10-2-3-11(12(6-10)18(20)21)16-4-5-17-8-14-15-13(17)7-16/h2-3,6,8-9,19H,4-5,7H2,1H3/t9-/m1/s1. The summed E-state index contributed by atoms with van der Waals surface area (Å²) in [5, 5.41) is 28.7. The van der Waals surface area contributed by atoms with Crippen LogP contribution in [-0.4, -0.2) is 31.3 Å². The largest absolute Gasteiger partial charge is 0.389 e. The van der Waals surface area contributed by atoms with E-state index in [9.17, 15) is 15.2 Å². The van der Waals surface area contributed by atoms with Gasteiger partial charge >= 0.3 is 0 Å². The van der Waals surface area contributed by atoms with Gasteiger partial charge in [0.2, 0.25) is 0 Å². The maximum atomic E-state index is 11.3. The second-order valence-electron chi connectivity index (χ2n) is 5.04. The molecule has 0 aliphatic carbocycles. The molecule has 1 aromatic heterocycles. The number of nitro groups is 1. The van der Waals surface area contributed by atoms with E-state index < -0.39 is 11.0 Å². The van der Waals surface area contributed by atoms with Crippen LogP contribution in [0.2, 0.25) is 0 Å². The number of anilines is 1. The molecule has 2 aromatic rings.